The van der Waals surface area contributed by atoms with E-state index in [1.165, 1.54) is 6.42 Å². The second kappa shape index (κ2) is 5.44. The van der Waals surface area contributed by atoms with Gasteiger partial charge in [0.2, 0.25) is 5.65 Å². The van der Waals surface area contributed by atoms with Crippen LogP contribution in [0.15, 0.2) is 35.3 Å². The zero-order valence-electron chi connectivity index (χ0n) is 12.6. The van der Waals surface area contributed by atoms with Crippen molar-refractivity contribution in [2.24, 2.45) is 0 Å². The van der Waals surface area contributed by atoms with Crippen LogP contribution in [0.1, 0.15) is 43.7 Å². The Bertz CT molecular complexity index is 778. The summed E-state index contributed by atoms with van der Waals surface area (Å²) in [6, 6.07) is 4.41. The summed E-state index contributed by atoms with van der Waals surface area (Å²) in [6.07, 6.45) is 9.75. The molecule has 6 heteroatoms. The second-order valence-corrected chi connectivity index (χ2v) is 5.68. The molecule has 0 N–H and O–H groups in total. The van der Waals surface area contributed by atoms with E-state index < -0.39 is 0 Å². The average molecular weight is 297 g/mol. The van der Waals surface area contributed by atoms with Crippen LogP contribution in [0.3, 0.4) is 0 Å². The van der Waals surface area contributed by atoms with Gasteiger partial charge in [-0.05, 0) is 31.4 Å². The molecule has 0 spiro atoms. The minimum atomic E-state index is 0.226. The van der Waals surface area contributed by atoms with Gasteiger partial charge in [-0.15, -0.1) is 10.2 Å². The smallest absolute Gasteiger partial charge is 0.203 e. The molecule has 3 aromatic heterocycles. The Morgan fingerprint density at radius 2 is 2.27 bits per heavy atom. The van der Waals surface area contributed by atoms with Crippen molar-refractivity contribution in [1.29, 1.82) is 0 Å². The highest BCUT2D eigenvalue weighted by molar-refractivity contribution is 5.64. The van der Waals surface area contributed by atoms with Crippen molar-refractivity contribution >= 4 is 11.5 Å². The van der Waals surface area contributed by atoms with Crippen LogP contribution in [0.25, 0.3) is 5.65 Å². The molecular formula is C16H19N5O. The highest BCUT2D eigenvalue weighted by Gasteiger charge is 2.29. The molecule has 0 saturated carbocycles. The maximum Gasteiger partial charge on any atom is 0.203 e. The predicted octanol–water partition coefficient (Wildman–Crippen LogP) is 3.01. The van der Waals surface area contributed by atoms with Crippen LogP contribution in [0, 0.1) is 0 Å². The Labute approximate surface area is 128 Å². The molecule has 4 rings (SSSR count). The molecule has 1 unspecified atom stereocenters. The average Bonchev–Trinajstić information content (AvgIpc) is 3.23. The minimum Gasteiger partial charge on any atom is -0.464 e. The fraction of sp³-hybridized carbons (Fsp3) is 0.438. The van der Waals surface area contributed by atoms with Crippen LogP contribution in [0.2, 0.25) is 0 Å². The Kier molecular flexibility index (Phi) is 3.29. The molecule has 22 heavy (non-hydrogen) atoms. The zero-order valence-corrected chi connectivity index (χ0v) is 12.6. The summed E-state index contributed by atoms with van der Waals surface area (Å²) in [6.45, 7) is 3.08. The Morgan fingerprint density at radius 1 is 1.32 bits per heavy atom. The normalized spacial score (nSPS) is 19.0. The fourth-order valence-electron chi connectivity index (χ4n) is 3.19. The van der Waals surface area contributed by atoms with Crippen molar-refractivity contribution in [2.75, 3.05) is 11.4 Å². The lowest BCUT2D eigenvalue weighted by molar-refractivity contribution is 0.376. The van der Waals surface area contributed by atoms with Crippen LogP contribution >= 0.6 is 0 Å². The number of fused-ring (bicyclic) bond motifs is 1. The number of piperidine rings is 1. The first-order valence-electron chi connectivity index (χ1n) is 7.86. The van der Waals surface area contributed by atoms with Gasteiger partial charge in [-0.2, -0.15) is 0 Å². The van der Waals surface area contributed by atoms with Gasteiger partial charge in [-0.1, -0.05) is 6.92 Å². The number of aromatic nitrogens is 4. The third-order valence-corrected chi connectivity index (χ3v) is 4.33. The molecule has 0 amide bonds. The molecule has 1 saturated heterocycles. The largest absolute Gasteiger partial charge is 0.464 e. The number of nitrogens with zero attached hydrogens (tertiary/aromatic N) is 5. The molecule has 0 bridgehead atoms. The summed E-state index contributed by atoms with van der Waals surface area (Å²) in [5.74, 6) is 2.95. The van der Waals surface area contributed by atoms with Crippen molar-refractivity contribution in [2.45, 2.75) is 38.6 Å². The van der Waals surface area contributed by atoms with Crippen LogP contribution < -0.4 is 4.90 Å². The Balaban J connectivity index is 1.75. The molecule has 114 valence electrons. The second-order valence-electron chi connectivity index (χ2n) is 5.68. The summed E-state index contributed by atoms with van der Waals surface area (Å²) >= 11 is 0. The van der Waals surface area contributed by atoms with Gasteiger partial charge < -0.3 is 9.32 Å². The summed E-state index contributed by atoms with van der Waals surface area (Å²) in [7, 11) is 0. The van der Waals surface area contributed by atoms with Gasteiger partial charge in [-0.25, -0.2) is 4.98 Å². The fourth-order valence-corrected chi connectivity index (χ4v) is 3.19. The SMILES string of the molecule is CCc1ccc(C2CCCCN2c2nccn3cnnc23)o1. The highest BCUT2D eigenvalue weighted by atomic mass is 16.3. The molecule has 1 aliphatic rings. The van der Waals surface area contributed by atoms with Gasteiger partial charge in [0.15, 0.2) is 5.82 Å². The van der Waals surface area contributed by atoms with Crippen molar-refractivity contribution < 1.29 is 4.42 Å². The minimum absolute atomic E-state index is 0.226. The van der Waals surface area contributed by atoms with E-state index in [2.05, 4.69) is 39.1 Å². The quantitative estimate of drug-likeness (QED) is 0.743. The van der Waals surface area contributed by atoms with E-state index in [1.807, 2.05) is 10.6 Å². The molecule has 1 fully saturated rings. The summed E-state index contributed by atoms with van der Waals surface area (Å²) in [4.78, 5) is 6.88. The maximum absolute atomic E-state index is 6.01. The van der Waals surface area contributed by atoms with Crippen molar-refractivity contribution in [1.82, 2.24) is 19.6 Å². The van der Waals surface area contributed by atoms with Crippen molar-refractivity contribution in [3.05, 3.63) is 42.4 Å². The Hall–Kier alpha value is -2.37. The van der Waals surface area contributed by atoms with Gasteiger partial charge >= 0.3 is 0 Å². The third kappa shape index (κ3) is 2.15. The molecule has 1 aliphatic heterocycles. The molecule has 1 atom stereocenters. The monoisotopic (exact) mass is 297 g/mol. The van der Waals surface area contributed by atoms with E-state index in [0.717, 1.165) is 48.8 Å². The van der Waals surface area contributed by atoms with E-state index in [1.54, 1.807) is 12.5 Å². The lowest BCUT2D eigenvalue weighted by Crippen LogP contribution is -2.34. The van der Waals surface area contributed by atoms with Gasteiger partial charge in [0.25, 0.3) is 0 Å². The summed E-state index contributed by atoms with van der Waals surface area (Å²) in [5, 5.41) is 8.22. The van der Waals surface area contributed by atoms with Crippen LogP contribution in [-0.4, -0.2) is 26.1 Å². The number of hydrogen-bond acceptors (Lipinski definition) is 5. The van der Waals surface area contributed by atoms with Crippen molar-refractivity contribution in [3.8, 4) is 0 Å². The molecule has 6 nitrogen and oxygen atoms in total. The highest BCUT2D eigenvalue weighted by Crippen LogP contribution is 2.36. The van der Waals surface area contributed by atoms with Crippen LogP contribution in [0.4, 0.5) is 5.82 Å². The number of hydrogen-bond donors (Lipinski definition) is 0. The van der Waals surface area contributed by atoms with Crippen molar-refractivity contribution in [3.63, 3.8) is 0 Å². The van der Waals surface area contributed by atoms with Gasteiger partial charge in [0.1, 0.15) is 17.8 Å². The van der Waals surface area contributed by atoms with Gasteiger partial charge in [0.05, 0.1) is 6.04 Å². The molecule has 3 aromatic rings. The number of anilines is 1. The Morgan fingerprint density at radius 3 is 3.14 bits per heavy atom. The molecule has 4 heterocycles. The molecule has 0 aliphatic carbocycles. The first kappa shape index (κ1) is 13.3. The van der Waals surface area contributed by atoms with Gasteiger partial charge in [-0.3, -0.25) is 4.40 Å². The van der Waals surface area contributed by atoms with E-state index in [0.29, 0.717) is 0 Å². The topological polar surface area (TPSA) is 59.5 Å². The number of aryl methyl sites for hydroxylation is 1. The van der Waals surface area contributed by atoms with E-state index in [4.69, 9.17) is 4.42 Å². The van der Waals surface area contributed by atoms with Crippen LogP contribution in [0.5, 0.6) is 0 Å². The number of furan rings is 1. The van der Waals surface area contributed by atoms with E-state index in [9.17, 15) is 0 Å². The molecule has 0 aromatic carbocycles. The number of rotatable bonds is 3. The lowest BCUT2D eigenvalue weighted by atomic mass is 10.00. The van der Waals surface area contributed by atoms with Crippen LogP contribution in [-0.2, 0) is 6.42 Å². The van der Waals surface area contributed by atoms with E-state index >= 15 is 0 Å². The van der Waals surface area contributed by atoms with Gasteiger partial charge in [0, 0.05) is 25.4 Å². The first-order chi connectivity index (χ1) is 10.9. The first-order valence-corrected chi connectivity index (χ1v) is 7.86. The zero-order chi connectivity index (χ0) is 14.9. The summed E-state index contributed by atoms with van der Waals surface area (Å²) < 4.78 is 7.92. The third-order valence-electron chi connectivity index (χ3n) is 4.33. The van der Waals surface area contributed by atoms with E-state index in [-0.39, 0.29) is 6.04 Å². The standard InChI is InChI=1S/C16H19N5O/c1-2-12-6-7-14(22-12)13-5-3-4-9-21(13)15-16-19-18-11-20(16)10-8-17-15/h6-8,10-11,13H,2-5,9H2,1H3. The summed E-state index contributed by atoms with van der Waals surface area (Å²) in [5.41, 5.74) is 0.802. The maximum atomic E-state index is 6.01. The molecular weight excluding hydrogens is 278 g/mol. The molecule has 0 radical (unpaired) electrons. The predicted molar refractivity (Wildman–Crippen MR) is 82.8 cm³/mol. The lowest BCUT2D eigenvalue weighted by Gasteiger charge is -2.35.